The van der Waals surface area contributed by atoms with Crippen LogP contribution in [0.5, 0.6) is 0 Å². The van der Waals surface area contributed by atoms with Gasteiger partial charge in [0.1, 0.15) is 16.6 Å². The summed E-state index contributed by atoms with van der Waals surface area (Å²) in [5.74, 6) is 0. The van der Waals surface area contributed by atoms with Crippen LogP contribution in [0.25, 0.3) is 16.8 Å². The normalized spacial score (nSPS) is 11.9. The zero-order chi connectivity index (χ0) is 19.4. The molecule has 0 aliphatic heterocycles. The van der Waals surface area contributed by atoms with Crippen molar-refractivity contribution in [2.75, 3.05) is 5.32 Å². The van der Waals surface area contributed by atoms with Crippen LogP contribution in [0.3, 0.4) is 0 Å². The number of thiazole rings is 1. The smallest absolute Gasteiger partial charge is 0.360 e. The Morgan fingerprint density at radius 1 is 1.19 bits per heavy atom. The highest BCUT2D eigenvalue weighted by atomic mass is 79.9. The monoisotopic (exact) mass is 449 g/mol. The summed E-state index contributed by atoms with van der Waals surface area (Å²) in [4.78, 5) is 4.44. The molecule has 0 saturated carbocycles. The van der Waals surface area contributed by atoms with Gasteiger partial charge in [-0.1, -0.05) is 34.1 Å². The van der Waals surface area contributed by atoms with Crippen LogP contribution in [0.15, 0.2) is 64.6 Å². The van der Waals surface area contributed by atoms with E-state index in [1.54, 1.807) is 0 Å². The first-order valence-corrected chi connectivity index (χ1v) is 9.30. The van der Waals surface area contributed by atoms with Crippen LogP contribution < -0.4 is 5.32 Å². The minimum atomic E-state index is -4.42. The maximum Gasteiger partial charge on any atom is 0.416 e. The Morgan fingerprint density at radius 2 is 1.93 bits per heavy atom. The first-order valence-electron chi connectivity index (χ1n) is 7.63. The number of nitriles is 1. The lowest BCUT2D eigenvalue weighted by Gasteiger charge is -2.08. The van der Waals surface area contributed by atoms with Gasteiger partial charge in [-0.3, -0.25) is 0 Å². The molecule has 2 aromatic carbocycles. The summed E-state index contributed by atoms with van der Waals surface area (Å²) < 4.78 is 39.3. The standard InChI is InChI=1S/C19H11BrF3N3S/c20-15-6-4-12(5-7-15)17-11-27-18(26-17)13(9-24)10-25-16-3-1-2-14(8-16)19(21,22)23/h1-8,10-11,25H/b13-10+. The minimum Gasteiger partial charge on any atom is -0.360 e. The highest BCUT2D eigenvalue weighted by Crippen LogP contribution is 2.31. The number of hydrogen-bond donors (Lipinski definition) is 1. The Balaban J connectivity index is 1.82. The number of benzene rings is 2. The average Bonchev–Trinajstić information content (AvgIpc) is 3.12. The molecule has 27 heavy (non-hydrogen) atoms. The zero-order valence-corrected chi connectivity index (χ0v) is 16.0. The van der Waals surface area contributed by atoms with Crippen LogP contribution in [0.4, 0.5) is 18.9 Å². The summed E-state index contributed by atoms with van der Waals surface area (Å²) in [6.07, 6.45) is -3.06. The summed E-state index contributed by atoms with van der Waals surface area (Å²) in [6, 6.07) is 14.4. The number of aromatic nitrogens is 1. The average molecular weight is 450 g/mol. The lowest BCUT2D eigenvalue weighted by Crippen LogP contribution is -2.05. The molecule has 0 saturated heterocycles. The van der Waals surface area contributed by atoms with Gasteiger partial charge in [-0.25, -0.2) is 4.98 Å². The number of nitrogens with zero attached hydrogens (tertiary/aromatic N) is 2. The SMILES string of the molecule is N#C/C(=C\Nc1cccc(C(F)(F)F)c1)c1nc(-c2ccc(Br)cc2)cs1. The van der Waals surface area contributed by atoms with E-state index in [1.807, 2.05) is 35.7 Å². The lowest BCUT2D eigenvalue weighted by molar-refractivity contribution is -0.137. The van der Waals surface area contributed by atoms with E-state index in [9.17, 15) is 18.4 Å². The van der Waals surface area contributed by atoms with Crippen LogP contribution in [0.2, 0.25) is 0 Å². The molecule has 8 heteroatoms. The maximum atomic E-state index is 12.8. The van der Waals surface area contributed by atoms with Crippen molar-refractivity contribution in [2.45, 2.75) is 6.18 Å². The van der Waals surface area contributed by atoms with Crippen molar-refractivity contribution in [3.8, 4) is 17.3 Å². The van der Waals surface area contributed by atoms with Crippen molar-refractivity contribution in [3.63, 3.8) is 0 Å². The molecule has 0 spiro atoms. The molecular formula is C19H11BrF3N3S. The number of rotatable bonds is 4. The number of nitrogens with one attached hydrogen (secondary N) is 1. The molecule has 0 aliphatic carbocycles. The van der Waals surface area contributed by atoms with Gasteiger partial charge in [0, 0.05) is 27.3 Å². The van der Waals surface area contributed by atoms with E-state index in [-0.39, 0.29) is 11.3 Å². The van der Waals surface area contributed by atoms with Crippen molar-refractivity contribution in [3.05, 3.63) is 75.2 Å². The van der Waals surface area contributed by atoms with Gasteiger partial charge in [-0.2, -0.15) is 18.4 Å². The van der Waals surface area contributed by atoms with Crippen molar-refractivity contribution < 1.29 is 13.2 Å². The predicted octanol–water partition coefficient (Wildman–Crippen LogP) is 6.57. The Labute approximate surface area is 165 Å². The molecule has 136 valence electrons. The molecule has 0 aliphatic rings. The molecule has 1 aromatic heterocycles. The van der Waals surface area contributed by atoms with Gasteiger partial charge in [0.05, 0.1) is 11.3 Å². The summed E-state index contributed by atoms with van der Waals surface area (Å²) >= 11 is 4.66. The Bertz CT molecular complexity index is 1020. The first kappa shape index (κ1) is 19.1. The van der Waals surface area contributed by atoms with Gasteiger partial charge >= 0.3 is 6.18 Å². The number of allylic oxidation sites excluding steroid dienone is 1. The molecule has 0 atom stereocenters. The van der Waals surface area contributed by atoms with E-state index in [0.717, 1.165) is 27.9 Å². The van der Waals surface area contributed by atoms with Crippen molar-refractivity contribution >= 4 is 38.5 Å². The fraction of sp³-hybridized carbons (Fsp3) is 0.0526. The largest absolute Gasteiger partial charge is 0.416 e. The highest BCUT2D eigenvalue weighted by Gasteiger charge is 2.30. The van der Waals surface area contributed by atoms with Crippen LogP contribution >= 0.6 is 27.3 Å². The lowest BCUT2D eigenvalue weighted by atomic mass is 10.2. The third-order valence-electron chi connectivity index (χ3n) is 3.57. The molecule has 0 unspecified atom stereocenters. The topological polar surface area (TPSA) is 48.7 Å². The van der Waals surface area contributed by atoms with Crippen LogP contribution in [-0.4, -0.2) is 4.98 Å². The van der Waals surface area contributed by atoms with Gasteiger partial charge < -0.3 is 5.32 Å². The molecule has 0 bridgehead atoms. The van der Waals surface area contributed by atoms with Crippen LogP contribution in [-0.2, 0) is 6.18 Å². The molecule has 3 nitrogen and oxygen atoms in total. The maximum absolute atomic E-state index is 12.8. The number of halogens is 4. The van der Waals surface area contributed by atoms with E-state index in [2.05, 4.69) is 26.2 Å². The Hall–Kier alpha value is -2.63. The van der Waals surface area contributed by atoms with Crippen LogP contribution in [0, 0.1) is 11.3 Å². The van der Waals surface area contributed by atoms with Gasteiger partial charge in [0.2, 0.25) is 0 Å². The second kappa shape index (κ2) is 7.94. The number of hydrogen-bond acceptors (Lipinski definition) is 4. The van der Waals surface area contributed by atoms with Gasteiger partial charge in [-0.15, -0.1) is 11.3 Å². The summed E-state index contributed by atoms with van der Waals surface area (Å²) in [5, 5.41) is 14.4. The summed E-state index contributed by atoms with van der Waals surface area (Å²) in [7, 11) is 0. The third kappa shape index (κ3) is 4.76. The minimum absolute atomic E-state index is 0.237. The van der Waals surface area contributed by atoms with E-state index in [1.165, 1.54) is 29.7 Å². The fourth-order valence-corrected chi connectivity index (χ4v) is 3.29. The van der Waals surface area contributed by atoms with Crippen molar-refractivity contribution in [1.82, 2.24) is 4.98 Å². The highest BCUT2D eigenvalue weighted by molar-refractivity contribution is 9.10. The van der Waals surface area contributed by atoms with Gasteiger partial charge in [0.15, 0.2) is 0 Å². The van der Waals surface area contributed by atoms with Crippen molar-refractivity contribution in [2.24, 2.45) is 0 Å². The second-order valence-corrected chi connectivity index (χ2v) is 7.21. The first-order chi connectivity index (χ1) is 12.9. The second-order valence-electron chi connectivity index (χ2n) is 5.44. The van der Waals surface area contributed by atoms with E-state index in [0.29, 0.717) is 5.01 Å². The van der Waals surface area contributed by atoms with E-state index < -0.39 is 11.7 Å². The quantitative estimate of drug-likeness (QED) is 0.458. The molecule has 0 fully saturated rings. The molecular weight excluding hydrogens is 439 g/mol. The van der Waals surface area contributed by atoms with Crippen molar-refractivity contribution in [1.29, 1.82) is 5.26 Å². The molecule has 1 heterocycles. The molecule has 3 aromatic rings. The van der Waals surface area contributed by atoms with Gasteiger partial charge in [0.25, 0.3) is 0 Å². The molecule has 1 N–H and O–H groups in total. The Morgan fingerprint density at radius 3 is 2.59 bits per heavy atom. The summed E-state index contributed by atoms with van der Waals surface area (Å²) in [5.41, 5.74) is 1.35. The van der Waals surface area contributed by atoms with Crippen LogP contribution in [0.1, 0.15) is 10.6 Å². The summed E-state index contributed by atoms with van der Waals surface area (Å²) in [6.45, 7) is 0. The van der Waals surface area contributed by atoms with Gasteiger partial charge in [-0.05, 0) is 30.3 Å². The number of anilines is 1. The van der Waals surface area contributed by atoms with E-state index >= 15 is 0 Å². The molecule has 0 radical (unpaired) electrons. The molecule has 0 amide bonds. The van der Waals surface area contributed by atoms with E-state index in [4.69, 9.17) is 0 Å². The molecule has 3 rings (SSSR count). The third-order valence-corrected chi connectivity index (χ3v) is 4.97. The fourth-order valence-electron chi connectivity index (χ4n) is 2.23. The number of alkyl halides is 3. The Kier molecular flexibility index (Phi) is 5.63. The zero-order valence-electron chi connectivity index (χ0n) is 13.6. The predicted molar refractivity (Wildman–Crippen MR) is 104 cm³/mol.